The molecule has 16 heavy (non-hydrogen) atoms. The molecule has 1 amide bonds. The highest BCUT2D eigenvalue weighted by atomic mass is 32.2. The van der Waals surface area contributed by atoms with Gasteiger partial charge in [0.25, 0.3) is 0 Å². The van der Waals surface area contributed by atoms with Crippen LogP contribution in [0.5, 0.6) is 0 Å². The third-order valence-corrected chi connectivity index (χ3v) is 3.06. The zero-order valence-electron chi connectivity index (χ0n) is 8.74. The molecule has 5 unspecified atom stereocenters. The lowest BCUT2D eigenvalue weighted by molar-refractivity contribution is -0.173. The minimum atomic E-state index is -1.26. The molecule has 0 aromatic rings. The van der Waals surface area contributed by atoms with Gasteiger partial charge in [-0.2, -0.15) is 0 Å². The minimum absolute atomic E-state index is 0.360. The monoisotopic (exact) mass is 252 g/mol. The molecule has 0 aromatic carbocycles. The van der Waals surface area contributed by atoms with E-state index in [2.05, 4.69) is 5.32 Å². The molecule has 1 saturated heterocycles. The molecule has 1 fully saturated rings. The second kappa shape index (κ2) is 5.80. The number of aliphatic hydroxyl groups excluding tert-OH is 3. The normalized spacial score (nSPS) is 39.4. The first-order valence-corrected chi connectivity index (χ1v) is 5.70. The molecule has 1 heterocycles. The topological polar surface area (TPSA) is 125 Å². The third-order valence-electron chi connectivity index (χ3n) is 2.38. The first-order chi connectivity index (χ1) is 7.51. The van der Waals surface area contributed by atoms with Gasteiger partial charge in [-0.3, -0.25) is 9.93 Å². The van der Waals surface area contributed by atoms with E-state index in [4.69, 9.17) is 15.0 Å². The van der Waals surface area contributed by atoms with E-state index in [1.807, 2.05) is 0 Å². The van der Waals surface area contributed by atoms with E-state index in [0.29, 0.717) is 0 Å². The smallest absolute Gasteiger partial charge is 0.217 e. The lowest BCUT2D eigenvalue weighted by Crippen LogP contribution is -2.63. The SMILES string of the molecule is CC(=O)NC1C(SN)OC(CO)C(O)C1O. The van der Waals surface area contributed by atoms with E-state index in [-0.39, 0.29) is 5.91 Å². The lowest BCUT2D eigenvalue weighted by atomic mass is 9.98. The molecule has 8 heteroatoms. The number of amides is 1. The fourth-order valence-electron chi connectivity index (χ4n) is 1.59. The predicted molar refractivity (Wildman–Crippen MR) is 57.1 cm³/mol. The number of ether oxygens (including phenoxy) is 1. The molecule has 7 nitrogen and oxygen atoms in total. The first-order valence-electron chi connectivity index (χ1n) is 4.76. The molecule has 1 aliphatic heterocycles. The molecule has 0 bridgehead atoms. The Bertz CT molecular complexity index is 253. The van der Waals surface area contributed by atoms with Gasteiger partial charge in [-0.15, -0.1) is 0 Å². The van der Waals surface area contributed by atoms with E-state index in [9.17, 15) is 15.0 Å². The van der Waals surface area contributed by atoms with Crippen molar-refractivity contribution in [2.45, 2.75) is 36.7 Å². The van der Waals surface area contributed by atoms with Crippen molar-refractivity contribution in [1.82, 2.24) is 5.32 Å². The molecule has 94 valence electrons. The first kappa shape index (κ1) is 13.7. The lowest BCUT2D eigenvalue weighted by Gasteiger charge is -2.41. The van der Waals surface area contributed by atoms with E-state index in [0.717, 1.165) is 11.9 Å². The second-order valence-electron chi connectivity index (χ2n) is 3.57. The van der Waals surface area contributed by atoms with E-state index >= 15 is 0 Å². The number of aliphatic hydroxyl groups is 3. The molecule has 0 spiro atoms. The van der Waals surface area contributed by atoms with Crippen molar-refractivity contribution in [3.05, 3.63) is 0 Å². The summed E-state index contributed by atoms with van der Waals surface area (Å²) in [5, 5.41) is 36.1. The summed E-state index contributed by atoms with van der Waals surface area (Å²) in [4.78, 5) is 10.9. The Balaban J connectivity index is 2.77. The van der Waals surface area contributed by atoms with Gasteiger partial charge in [-0.05, 0) is 0 Å². The average molecular weight is 252 g/mol. The quantitative estimate of drug-likeness (QED) is 0.353. The summed E-state index contributed by atoms with van der Waals surface area (Å²) in [6.45, 7) is 0.859. The van der Waals surface area contributed by atoms with Gasteiger partial charge >= 0.3 is 0 Å². The van der Waals surface area contributed by atoms with Crippen LogP contribution in [-0.4, -0.2) is 57.6 Å². The van der Waals surface area contributed by atoms with Crippen LogP contribution in [0.4, 0.5) is 0 Å². The molecular weight excluding hydrogens is 236 g/mol. The highest BCUT2D eigenvalue weighted by molar-refractivity contribution is 7.97. The number of carbonyl (C=O) groups is 1. The van der Waals surface area contributed by atoms with Gasteiger partial charge in [-0.25, -0.2) is 0 Å². The Kier molecular flexibility index (Phi) is 4.96. The fraction of sp³-hybridized carbons (Fsp3) is 0.875. The zero-order chi connectivity index (χ0) is 12.3. The Labute approximate surface area is 97.1 Å². The van der Waals surface area contributed by atoms with Gasteiger partial charge in [0.05, 0.1) is 12.6 Å². The Hall–Kier alpha value is -0.380. The van der Waals surface area contributed by atoms with Crippen LogP contribution in [0.15, 0.2) is 0 Å². The van der Waals surface area contributed by atoms with Crippen molar-refractivity contribution >= 4 is 17.9 Å². The number of hydrogen-bond acceptors (Lipinski definition) is 7. The van der Waals surface area contributed by atoms with Crippen LogP contribution in [0.1, 0.15) is 6.92 Å². The van der Waals surface area contributed by atoms with Crippen LogP contribution >= 0.6 is 11.9 Å². The summed E-state index contributed by atoms with van der Waals surface area (Å²) in [6, 6.07) is -0.801. The zero-order valence-corrected chi connectivity index (χ0v) is 9.55. The van der Waals surface area contributed by atoms with Gasteiger partial charge in [0.2, 0.25) is 5.91 Å². The molecule has 0 aliphatic carbocycles. The van der Waals surface area contributed by atoms with Crippen molar-refractivity contribution in [3.63, 3.8) is 0 Å². The Morgan fingerprint density at radius 1 is 1.50 bits per heavy atom. The summed E-state index contributed by atoms with van der Waals surface area (Å²) < 4.78 is 5.24. The number of hydrogen-bond donors (Lipinski definition) is 5. The van der Waals surface area contributed by atoms with Crippen LogP contribution in [0, 0.1) is 0 Å². The highest BCUT2D eigenvalue weighted by Gasteiger charge is 2.44. The van der Waals surface area contributed by atoms with Crippen molar-refractivity contribution in [2.75, 3.05) is 6.61 Å². The van der Waals surface area contributed by atoms with Crippen LogP contribution in [0.25, 0.3) is 0 Å². The van der Waals surface area contributed by atoms with Crippen molar-refractivity contribution in [2.24, 2.45) is 5.14 Å². The summed E-state index contributed by atoms with van der Waals surface area (Å²) in [7, 11) is 0. The number of nitrogens with two attached hydrogens (primary N) is 1. The molecule has 5 atom stereocenters. The maximum atomic E-state index is 10.9. The Morgan fingerprint density at radius 2 is 2.12 bits per heavy atom. The molecule has 1 aliphatic rings. The summed E-state index contributed by atoms with van der Waals surface area (Å²) in [5.74, 6) is -0.360. The molecule has 1 rings (SSSR count). The van der Waals surface area contributed by atoms with Crippen molar-refractivity contribution in [1.29, 1.82) is 0 Å². The molecular formula is C8H16N2O5S. The van der Waals surface area contributed by atoms with Gasteiger partial charge < -0.3 is 25.4 Å². The number of carbonyl (C=O) groups excluding carboxylic acids is 1. The van der Waals surface area contributed by atoms with Crippen LogP contribution < -0.4 is 10.5 Å². The molecule has 0 saturated carbocycles. The van der Waals surface area contributed by atoms with E-state index < -0.39 is 36.4 Å². The van der Waals surface area contributed by atoms with E-state index in [1.165, 1.54) is 6.92 Å². The summed E-state index contributed by atoms with van der Waals surface area (Å²) in [6.07, 6.45) is -3.39. The van der Waals surface area contributed by atoms with Gasteiger partial charge in [0, 0.05) is 6.92 Å². The van der Waals surface area contributed by atoms with Crippen LogP contribution in [0.2, 0.25) is 0 Å². The van der Waals surface area contributed by atoms with Gasteiger partial charge in [0.15, 0.2) is 0 Å². The Morgan fingerprint density at radius 3 is 2.56 bits per heavy atom. The van der Waals surface area contributed by atoms with Gasteiger partial charge in [0.1, 0.15) is 23.7 Å². The fourth-order valence-corrected chi connectivity index (χ4v) is 2.19. The maximum Gasteiger partial charge on any atom is 0.217 e. The number of nitrogens with one attached hydrogen (secondary N) is 1. The minimum Gasteiger partial charge on any atom is -0.394 e. The second-order valence-corrected chi connectivity index (χ2v) is 4.31. The largest absolute Gasteiger partial charge is 0.394 e. The van der Waals surface area contributed by atoms with Crippen molar-refractivity contribution in [3.8, 4) is 0 Å². The highest BCUT2D eigenvalue weighted by Crippen LogP contribution is 2.25. The van der Waals surface area contributed by atoms with Crippen LogP contribution in [0.3, 0.4) is 0 Å². The summed E-state index contributed by atoms with van der Waals surface area (Å²) >= 11 is 0.802. The van der Waals surface area contributed by atoms with Crippen LogP contribution in [-0.2, 0) is 9.53 Å². The van der Waals surface area contributed by atoms with E-state index in [1.54, 1.807) is 0 Å². The average Bonchev–Trinajstić information content (AvgIpc) is 2.25. The standard InChI is InChI=1S/C8H16N2O5S/c1-3(12)10-5-7(14)6(13)4(2-11)15-8(5)16-9/h4-8,11,13-14H,2,9H2,1H3,(H,10,12). The molecule has 0 aromatic heterocycles. The van der Waals surface area contributed by atoms with Gasteiger partial charge in [-0.1, -0.05) is 11.9 Å². The molecule has 0 radical (unpaired) electrons. The summed E-state index contributed by atoms with van der Waals surface area (Å²) in [5.41, 5.74) is -0.709. The van der Waals surface area contributed by atoms with Crippen molar-refractivity contribution < 1.29 is 24.9 Å². The third kappa shape index (κ3) is 2.84. The molecule has 6 N–H and O–H groups in total. The number of rotatable bonds is 3. The maximum absolute atomic E-state index is 10.9. The predicted octanol–water partition coefficient (Wildman–Crippen LogP) is -2.46.